The van der Waals surface area contributed by atoms with Crippen molar-refractivity contribution in [2.24, 2.45) is 0 Å². The maximum Gasteiger partial charge on any atom is 0.251 e. The first-order valence-corrected chi connectivity index (χ1v) is 12.0. The third-order valence-electron chi connectivity index (χ3n) is 6.47. The van der Waals surface area contributed by atoms with Crippen LogP contribution in [0.15, 0.2) is 42.5 Å². The Morgan fingerprint density at radius 1 is 0.912 bits per heavy atom. The predicted molar refractivity (Wildman–Crippen MR) is 133 cm³/mol. The molecule has 3 amide bonds. The molecule has 2 N–H and O–H groups in total. The zero-order valence-corrected chi connectivity index (χ0v) is 20.3. The number of likely N-dealkylation sites (N-methyl/N-ethyl adjacent to an activating group) is 1. The maximum absolute atomic E-state index is 12.9. The van der Waals surface area contributed by atoms with Gasteiger partial charge in [-0.1, -0.05) is 30.3 Å². The maximum atomic E-state index is 12.9. The zero-order valence-electron chi connectivity index (χ0n) is 20.3. The summed E-state index contributed by atoms with van der Waals surface area (Å²) >= 11 is 0. The summed E-state index contributed by atoms with van der Waals surface area (Å²) in [5.41, 5.74) is 4.54. The normalized spacial score (nSPS) is 15.2. The van der Waals surface area contributed by atoms with E-state index >= 15 is 0 Å². The van der Waals surface area contributed by atoms with Crippen molar-refractivity contribution in [1.82, 2.24) is 15.1 Å². The molecule has 2 aromatic rings. The van der Waals surface area contributed by atoms with Crippen LogP contribution in [0.4, 0.5) is 5.69 Å². The fourth-order valence-electron chi connectivity index (χ4n) is 4.03. The van der Waals surface area contributed by atoms with Gasteiger partial charge in [-0.05, 0) is 68.4 Å². The Hall–Kier alpha value is -3.19. The highest BCUT2D eigenvalue weighted by Crippen LogP contribution is 2.28. The minimum absolute atomic E-state index is 0.00984. The van der Waals surface area contributed by atoms with Crippen molar-refractivity contribution in [1.29, 1.82) is 0 Å². The van der Waals surface area contributed by atoms with Crippen LogP contribution in [0.5, 0.6) is 0 Å². The molecule has 0 spiro atoms. The van der Waals surface area contributed by atoms with Gasteiger partial charge in [0.2, 0.25) is 11.8 Å². The minimum Gasteiger partial charge on any atom is -0.349 e. The summed E-state index contributed by atoms with van der Waals surface area (Å²) in [6.45, 7) is 4.83. The summed E-state index contributed by atoms with van der Waals surface area (Å²) in [6.07, 6.45) is 4.28. The molecule has 4 rings (SSSR count). The summed E-state index contributed by atoms with van der Waals surface area (Å²) < 4.78 is 0. The van der Waals surface area contributed by atoms with E-state index in [0.29, 0.717) is 24.2 Å². The second-order valence-electron chi connectivity index (χ2n) is 9.65. The van der Waals surface area contributed by atoms with Crippen molar-refractivity contribution >= 4 is 23.4 Å². The van der Waals surface area contributed by atoms with Crippen molar-refractivity contribution in [3.8, 4) is 0 Å². The van der Waals surface area contributed by atoms with Crippen molar-refractivity contribution in [2.45, 2.75) is 58.2 Å². The highest BCUT2D eigenvalue weighted by Gasteiger charge is 2.31. The first-order chi connectivity index (χ1) is 16.3. The van der Waals surface area contributed by atoms with Crippen molar-refractivity contribution in [3.63, 3.8) is 0 Å². The Morgan fingerprint density at radius 2 is 1.56 bits per heavy atom. The highest BCUT2D eigenvalue weighted by molar-refractivity contribution is 5.96. The lowest BCUT2D eigenvalue weighted by atomic mass is 10.1. The largest absolute Gasteiger partial charge is 0.349 e. The van der Waals surface area contributed by atoms with E-state index in [1.807, 2.05) is 56.3 Å². The molecule has 0 atom stereocenters. The minimum atomic E-state index is -0.203. The number of aryl methyl sites for hydroxylation is 2. The van der Waals surface area contributed by atoms with E-state index in [1.54, 1.807) is 7.05 Å². The summed E-state index contributed by atoms with van der Waals surface area (Å²) in [5.74, 6) is -0.306. The number of amides is 3. The molecule has 0 radical (unpaired) electrons. The lowest BCUT2D eigenvalue weighted by molar-refractivity contribution is -0.134. The molecule has 2 aromatic carbocycles. The molecule has 0 aliphatic heterocycles. The average Bonchev–Trinajstić information content (AvgIpc) is 3.71. The van der Waals surface area contributed by atoms with E-state index in [-0.39, 0.29) is 30.8 Å². The number of para-hydroxylation sites is 1. The zero-order chi connectivity index (χ0) is 24.2. The van der Waals surface area contributed by atoms with E-state index in [0.717, 1.165) is 48.1 Å². The smallest absolute Gasteiger partial charge is 0.251 e. The number of nitrogens with zero attached hydrogens (tertiary/aromatic N) is 2. The van der Waals surface area contributed by atoms with Crippen LogP contribution >= 0.6 is 0 Å². The van der Waals surface area contributed by atoms with Gasteiger partial charge in [0.15, 0.2) is 0 Å². The monoisotopic (exact) mass is 462 g/mol. The number of hydrogen-bond donors (Lipinski definition) is 2. The van der Waals surface area contributed by atoms with Gasteiger partial charge in [0.25, 0.3) is 5.91 Å². The first-order valence-electron chi connectivity index (χ1n) is 12.0. The van der Waals surface area contributed by atoms with Gasteiger partial charge in [0, 0.05) is 36.9 Å². The molecule has 7 nitrogen and oxygen atoms in total. The number of carbonyl (C=O) groups is 3. The molecule has 0 bridgehead atoms. The topological polar surface area (TPSA) is 81.8 Å². The molecule has 2 aliphatic rings. The lowest BCUT2D eigenvalue weighted by Crippen LogP contribution is -2.42. The third-order valence-corrected chi connectivity index (χ3v) is 6.47. The quantitative estimate of drug-likeness (QED) is 0.568. The fourth-order valence-corrected chi connectivity index (χ4v) is 4.03. The van der Waals surface area contributed by atoms with Crippen LogP contribution in [0, 0.1) is 13.8 Å². The molecule has 0 heterocycles. The molecule has 7 heteroatoms. The Bertz CT molecular complexity index is 1040. The number of rotatable bonds is 10. The molecular weight excluding hydrogens is 428 g/mol. The summed E-state index contributed by atoms with van der Waals surface area (Å²) in [7, 11) is 1.67. The Morgan fingerprint density at radius 3 is 2.15 bits per heavy atom. The SMILES string of the molecule is Cc1cccc(C)c1NC(=O)CN(C)C(=O)CN(Cc1ccc(C(=O)NC2CC2)cc1)C1CC1. The van der Waals surface area contributed by atoms with Gasteiger partial charge >= 0.3 is 0 Å². The van der Waals surface area contributed by atoms with Crippen LogP contribution < -0.4 is 10.6 Å². The molecule has 0 saturated heterocycles. The van der Waals surface area contributed by atoms with Crippen LogP contribution in [-0.4, -0.2) is 59.7 Å². The van der Waals surface area contributed by atoms with Crippen LogP contribution in [-0.2, 0) is 16.1 Å². The number of carbonyl (C=O) groups excluding carboxylic acids is 3. The Kier molecular flexibility index (Phi) is 7.32. The molecular formula is C27H34N4O3. The summed E-state index contributed by atoms with van der Waals surface area (Å²) in [5, 5.41) is 5.95. The summed E-state index contributed by atoms with van der Waals surface area (Å²) in [4.78, 5) is 41.3. The molecule has 34 heavy (non-hydrogen) atoms. The fraction of sp³-hybridized carbons (Fsp3) is 0.444. The second kappa shape index (κ2) is 10.4. The predicted octanol–water partition coefficient (Wildman–Crippen LogP) is 3.26. The van der Waals surface area contributed by atoms with Crippen LogP contribution in [0.3, 0.4) is 0 Å². The first kappa shape index (κ1) is 24.0. The summed E-state index contributed by atoms with van der Waals surface area (Å²) in [6, 6.07) is 14.2. The molecule has 180 valence electrons. The Balaban J connectivity index is 1.30. The molecule has 2 saturated carbocycles. The van der Waals surface area contributed by atoms with Gasteiger partial charge in [0.05, 0.1) is 13.1 Å². The number of nitrogens with one attached hydrogen (secondary N) is 2. The number of hydrogen-bond acceptors (Lipinski definition) is 4. The third kappa shape index (κ3) is 6.44. The average molecular weight is 463 g/mol. The van der Waals surface area contributed by atoms with Crippen molar-refractivity contribution in [2.75, 3.05) is 25.5 Å². The van der Waals surface area contributed by atoms with Crippen LogP contribution in [0.2, 0.25) is 0 Å². The molecule has 2 aliphatic carbocycles. The van der Waals surface area contributed by atoms with Crippen molar-refractivity contribution in [3.05, 3.63) is 64.7 Å². The van der Waals surface area contributed by atoms with E-state index in [4.69, 9.17) is 0 Å². The number of anilines is 1. The lowest BCUT2D eigenvalue weighted by Gasteiger charge is -2.25. The van der Waals surface area contributed by atoms with Gasteiger partial charge in [-0.3, -0.25) is 19.3 Å². The number of benzene rings is 2. The van der Waals surface area contributed by atoms with Gasteiger partial charge < -0.3 is 15.5 Å². The van der Waals surface area contributed by atoms with Gasteiger partial charge in [-0.15, -0.1) is 0 Å². The van der Waals surface area contributed by atoms with E-state index < -0.39 is 0 Å². The van der Waals surface area contributed by atoms with Crippen LogP contribution in [0.1, 0.15) is 52.7 Å². The van der Waals surface area contributed by atoms with E-state index in [2.05, 4.69) is 15.5 Å². The molecule has 2 fully saturated rings. The second-order valence-corrected chi connectivity index (χ2v) is 9.65. The van der Waals surface area contributed by atoms with Crippen molar-refractivity contribution < 1.29 is 14.4 Å². The Labute approximate surface area is 201 Å². The standard InChI is InChI=1S/C27H34N4O3/c1-18-5-4-6-19(2)26(18)29-24(32)16-30(3)25(33)17-31(23-13-14-23)15-20-7-9-21(10-8-20)27(34)28-22-11-12-22/h4-10,22-23H,11-17H2,1-3H3,(H,28,34)(H,29,32). The van der Waals surface area contributed by atoms with Gasteiger partial charge in [0.1, 0.15) is 0 Å². The van der Waals surface area contributed by atoms with Gasteiger partial charge in [-0.2, -0.15) is 0 Å². The highest BCUT2D eigenvalue weighted by atomic mass is 16.2. The van der Waals surface area contributed by atoms with Gasteiger partial charge in [-0.25, -0.2) is 0 Å². The van der Waals surface area contributed by atoms with E-state index in [1.165, 1.54) is 4.90 Å². The van der Waals surface area contributed by atoms with E-state index in [9.17, 15) is 14.4 Å². The molecule has 0 unspecified atom stereocenters. The van der Waals surface area contributed by atoms with Crippen LogP contribution in [0.25, 0.3) is 0 Å². The molecule has 0 aromatic heterocycles.